The Morgan fingerprint density at radius 2 is 1.80 bits per heavy atom. The van der Waals surface area contributed by atoms with Crippen LogP contribution in [0.4, 0.5) is 5.82 Å². The molecule has 0 fully saturated rings. The molecule has 1 heterocycles. The number of nitrogen functional groups attached to an aromatic ring is 1. The lowest BCUT2D eigenvalue weighted by Crippen LogP contribution is -2.22. The number of hydrogen-bond acceptors (Lipinski definition) is 2. The average molecular weight is 357 g/mol. The third-order valence-electron chi connectivity index (χ3n) is 4.54. The van der Waals surface area contributed by atoms with Crippen molar-refractivity contribution in [2.75, 3.05) is 5.73 Å². The van der Waals surface area contributed by atoms with Gasteiger partial charge in [0.1, 0.15) is 17.3 Å². The zero-order chi connectivity index (χ0) is 18.2. The van der Waals surface area contributed by atoms with Gasteiger partial charge in [0, 0.05) is 28.1 Å². The molecule has 0 radical (unpaired) electrons. The number of nitrogens with one attached hydrogen (secondary N) is 1. The maximum absolute atomic E-state index is 9.71. The Kier molecular flexibility index (Phi) is 7.28. The molecule has 3 N–H and O–H groups in total. The Balaban J connectivity index is 2.67. The molecular formula is C21H27ClN3+. The summed E-state index contributed by atoms with van der Waals surface area (Å²) in [5, 5.41) is 10.4. The van der Waals surface area contributed by atoms with Crippen LogP contribution in [0, 0.1) is 11.3 Å². The van der Waals surface area contributed by atoms with Gasteiger partial charge in [0.05, 0.1) is 0 Å². The Bertz CT molecular complexity index is 762. The Morgan fingerprint density at radius 3 is 2.44 bits per heavy atom. The van der Waals surface area contributed by atoms with Crippen molar-refractivity contribution in [2.45, 2.75) is 58.8 Å². The summed E-state index contributed by atoms with van der Waals surface area (Å²) in [7, 11) is 0. The number of benzene rings is 1. The molecular weight excluding hydrogens is 330 g/mol. The Hall–Kier alpha value is -2.05. The number of aromatic amines is 1. The zero-order valence-corrected chi connectivity index (χ0v) is 15.9. The third kappa shape index (κ3) is 4.52. The van der Waals surface area contributed by atoms with Crippen molar-refractivity contribution in [3.8, 4) is 17.2 Å². The fourth-order valence-corrected chi connectivity index (χ4v) is 3.44. The molecule has 0 bridgehead atoms. The molecule has 0 unspecified atom stereocenters. The van der Waals surface area contributed by atoms with Gasteiger partial charge >= 0.3 is 0 Å². The minimum Gasteiger partial charge on any atom is -0.286 e. The van der Waals surface area contributed by atoms with E-state index in [9.17, 15) is 5.26 Å². The molecule has 2 aromatic rings. The van der Waals surface area contributed by atoms with Crippen LogP contribution < -0.4 is 10.7 Å². The zero-order valence-electron chi connectivity index (χ0n) is 15.2. The topological polar surface area (TPSA) is 63.9 Å². The number of unbranched alkanes of at least 4 members (excludes halogenated alkanes) is 3. The van der Waals surface area contributed by atoms with E-state index in [0.717, 1.165) is 48.9 Å². The molecule has 0 atom stereocenters. The van der Waals surface area contributed by atoms with Crippen molar-refractivity contribution in [3.05, 3.63) is 46.1 Å². The molecule has 0 aliphatic heterocycles. The highest BCUT2D eigenvalue weighted by molar-refractivity contribution is 6.33. The van der Waals surface area contributed by atoms with Gasteiger partial charge in [-0.15, -0.1) is 0 Å². The van der Waals surface area contributed by atoms with Crippen LogP contribution in [-0.2, 0) is 12.8 Å². The summed E-state index contributed by atoms with van der Waals surface area (Å²) >= 11 is 6.46. The van der Waals surface area contributed by atoms with Crippen molar-refractivity contribution < 1.29 is 4.98 Å². The molecule has 0 saturated carbocycles. The standard InChI is InChI=1S/C21H26ClN3/c1-3-5-7-13-19-16(10-6-4-2)20(17(14-23)21(24)25-19)15-11-8-9-12-18(15)22/h8-9,11-12H,3-7,10,13H2,1-2H3,(H2,24,25)/p+1. The Morgan fingerprint density at radius 1 is 1.08 bits per heavy atom. The largest absolute Gasteiger partial charge is 0.289 e. The van der Waals surface area contributed by atoms with E-state index < -0.39 is 0 Å². The van der Waals surface area contributed by atoms with Crippen molar-refractivity contribution in [2.24, 2.45) is 0 Å². The first-order valence-corrected chi connectivity index (χ1v) is 9.53. The highest BCUT2D eigenvalue weighted by Crippen LogP contribution is 2.36. The van der Waals surface area contributed by atoms with E-state index in [2.05, 4.69) is 24.9 Å². The number of H-pyrrole nitrogens is 1. The molecule has 25 heavy (non-hydrogen) atoms. The van der Waals surface area contributed by atoms with Gasteiger partial charge < -0.3 is 0 Å². The predicted octanol–water partition coefficient (Wildman–Crippen LogP) is 5.35. The fraction of sp³-hybridized carbons (Fsp3) is 0.429. The van der Waals surface area contributed by atoms with E-state index in [-0.39, 0.29) is 0 Å². The van der Waals surface area contributed by atoms with Gasteiger partial charge in [-0.3, -0.25) is 5.73 Å². The number of aryl methyl sites for hydroxylation is 1. The maximum atomic E-state index is 9.71. The number of halogens is 1. The summed E-state index contributed by atoms with van der Waals surface area (Å²) in [6.07, 6.45) is 7.50. The van der Waals surface area contributed by atoms with Crippen LogP contribution in [0.25, 0.3) is 11.1 Å². The van der Waals surface area contributed by atoms with Crippen molar-refractivity contribution in [1.29, 1.82) is 5.26 Å². The van der Waals surface area contributed by atoms with E-state index in [1.807, 2.05) is 24.3 Å². The number of anilines is 1. The fourth-order valence-electron chi connectivity index (χ4n) is 3.21. The van der Waals surface area contributed by atoms with Crippen molar-refractivity contribution >= 4 is 17.4 Å². The molecule has 0 saturated heterocycles. The second kappa shape index (κ2) is 9.44. The first kappa shape index (κ1) is 19.3. The second-order valence-corrected chi connectivity index (χ2v) is 6.81. The number of nitrogens with two attached hydrogens (primary N) is 1. The molecule has 0 spiro atoms. The third-order valence-corrected chi connectivity index (χ3v) is 4.87. The summed E-state index contributed by atoms with van der Waals surface area (Å²) in [6, 6.07) is 9.99. The minimum atomic E-state index is 0.434. The van der Waals surface area contributed by atoms with E-state index >= 15 is 0 Å². The van der Waals surface area contributed by atoms with Gasteiger partial charge in [0.15, 0.2) is 0 Å². The predicted molar refractivity (Wildman–Crippen MR) is 104 cm³/mol. The van der Waals surface area contributed by atoms with E-state index in [4.69, 9.17) is 17.3 Å². The quantitative estimate of drug-likeness (QED) is 0.648. The molecule has 0 amide bonds. The van der Waals surface area contributed by atoms with E-state index in [1.165, 1.54) is 18.4 Å². The van der Waals surface area contributed by atoms with Crippen LogP contribution in [-0.4, -0.2) is 0 Å². The number of nitriles is 1. The van der Waals surface area contributed by atoms with Crippen LogP contribution in [0.5, 0.6) is 0 Å². The first-order chi connectivity index (χ1) is 12.1. The molecule has 3 nitrogen and oxygen atoms in total. The number of hydrogen-bond donors (Lipinski definition) is 1. The van der Waals surface area contributed by atoms with Crippen molar-refractivity contribution in [3.63, 3.8) is 0 Å². The summed E-state index contributed by atoms with van der Waals surface area (Å²) in [6.45, 7) is 4.38. The number of nitrogens with zero attached hydrogens (tertiary/aromatic N) is 1. The lowest BCUT2D eigenvalue weighted by Gasteiger charge is -2.16. The lowest BCUT2D eigenvalue weighted by atomic mass is 9.90. The monoisotopic (exact) mass is 356 g/mol. The number of rotatable bonds is 8. The molecule has 132 valence electrons. The van der Waals surface area contributed by atoms with Crippen LogP contribution in [0.3, 0.4) is 0 Å². The SMILES string of the molecule is CCCCCc1[nH+]c(N)c(C#N)c(-c2ccccc2Cl)c1CCCC. The van der Waals surface area contributed by atoms with E-state index in [0.29, 0.717) is 16.4 Å². The minimum absolute atomic E-state index is 0.434. The normalized spacial score (nSPS) is 10.6. The van der Waals surface area contributed by atoms with Gasteiger partial charge in [-0.2, -0.15) is 5.26 Å². The molecule has 1 aromatic heterocycles. The van der Waals surface area contributed by atoms with Crippen LogP contribution in [0.1, 0.15) is 62.8 Å². The smallest absolute Gasteiger partial charge is 0.286 e. The highest BCUT2D eigenvalue weighted by atomic mass is 35.5. The first-order valence-electron chi connectivity index (χ1n) is 9.15. The molecule has 2 rings (SSSR count). The maximum Gasteiger partial charge on any atom is 0.289 e. The van der Waals surface area contributed by atoms with Crippen LogP contribution in [0.15, 0.2) is 24.3 Å². The lowest BCUT2D eigenvalue weighted by molar-refractivity contribution is -0.374. The summed E-state index contributed by atoms with van der Waals surface area (Å²) in [5.74, 6) is 0.434. The number of pyridine rings is 1. The van der Waals surface area contributed by atoms with Gasteiger partial charge in [0.2, 0.25) is 0 Å². The van der Waals surface area contributed by atoms with Crippen molar-refractivity contribution in [1.82, 2.24) is 0 Å². The van der Waals surface area contributed by atoms with Gasteiger partial charge in [-0.25, -0.2) is 4.98 Å². The van der Waals surface area contributed by atoms with Gasteiger partial charge in [-0.05, 0) is 25.3 Å². The van der Waals surface area contributed by atoms with Gasteiger partial charge in [-0.1, -0.05) is 62.9 Å². The molecule has 0 aliphatic rings. The average Bonchev–Trinajstić information content (AvgIpc) is 2.61. The Labute approximate surface area is 155 Å². The molecule has 1 aromatic carbocycles. The summed E-state index contributed by atoms with van der Waals surface area (Å²) < 4.78 is 0. The van der Waals surface area contributed by atoms with Gasteiger partial charge in [0.25, 0.3) is 5.82 Å². The van der Waals surface area contributed by atoms with Crippen LogP contribution >= 0.6 is 11.6 Å². The number of aromatic nitrogens is 1. The molecule has 0 aliphatic carbocycles. The highest BCUT2D eigenvalue weighted by Gasteiger charge is 2.23. The summed E-state index contributed by atoms with van der Waals surface area (Å²) in [5.41, 5.74) is 10.8. The second-order valence-electron chi connectivity index (χ2n) is 6.40. The molecule has 4 heteroatoms. The summed E-state index contributed by atoms with van der Waals surface area (Å²) in [4.78, 5) is 3.31. The van der Waals surface area contributed by atoms with Crippen LogP contribution in [0.2, 0.25) is 5.02 Å². The van der Waals surface area contributed by atoms with E-state index in [1.54, 1.807) is 0 Å².